The minimum Gasteiger partial charge on any atom is -0.505 e. The highest BCUT2D eigenvalue weighted by atomic mass is 16.3. The third kappa shape index (κ3) is 1.14. The summed E-state index contributed by atoms with van der Waals surface area (Å²) >= 11 is 0. The van der Waals surface area contributed by atoms with Crippen LogP contribution in [0.4, 0.5) is 0 Å². The van der Waals surface area contributed by atoms with Crippen molar-refractivity contribution in [2.45, 2.75) is 0 Å². The second kappa shape index (κ2) is 2.65. The molecule has 0 bridgehead atoms. The molecular formula is C8H6N2O2. The van der Waals surface area contributed by atoms with Gasteiger partial charge in [0.05, 0.1) is 18.7 Å². The largest absolute Gasteiger partial charge is 0.505 e. The Morgan fingerprint density at radius 1 is 1.25 bits per heavy atom. The van der Waals surface area contributed by atoms with Crippen LogP contribution in [-0.4, -0.2) is 15.1 Å². The van der Waals surface area contributed by atoms with Crippen LogP contribution in [0.3, 0.4) is 0 Å². The summed E-state index contributed by atoms with van der Waals surface area (Å²) in [6.07, 6.45) is 4.20. The average Bonchev–Trinajstić information content (AvgIpc) is 2.58. The van der Waals surface area contributed by atoms with Gasteiger partial charge in [0.1, 0.15) is 0 Å². The predicted molar refractivity (Wildman–Crippen MR) is 41.4 cm³/mol. The topological polar surface area (TPSA) is 59.2 Å². The monoisotopic (exact) mass is 162 g/mol. The van der Waals surface area contributed by atoms with E-state index in [1.807, 2.05) is 0 Å². The lowest BCUT2D eigenvalue weighted by Crippen LogP contribution is -1.84. The molecule has 0 radical (unpaired) electrons. The first-order valence-electron chi connectivity index (χ1n) is 3.41. The quantitative estimate of drug-likeness (QED) is 0.689. The Morgan fingerprint density at radius 2 is 2.00 bits per heavy atom. The van der Waals surface area contributed by atoms with Gasteiger partial charge in [0, 0.05) is 0 Å². The van der Waals surface area contributed by atoms with E-state index in [-0.39, 0.29) is 5.75 Å². The summed E-state index contributed by atoms with van der Waals surface area (Å²) in [6.45, 7) is 0. The van der Waals surface area contributed by atoms with Crippen LogP contribution in [0.1, 0.15) is 0 Å². The number of rotatable bonds is 1. The second-order valence-corrected chi connectivity index (χ2v) is 2.24. The minimum atomic E-state index is 0.0466. The zero-order valence-corrected chi connectivity index (χ0v) is 6.14. The molecule has 12 heavy (non-hydrogen) atoms. The number of aromatic hydroxyl groups is 1. The third-order valence-electron chi connectivity index (χ3n) is 1.38. The fourth-order valence-corrected chi connectivity index (χ4v) is 0.854. The highest BCUT2D eigenvalue weighted by Gasteiger charge is 2.02. The lowest BCUT2D eigenvalue weighted by Gasteiger charge is -1.93. The van der Waals surface area contributed by atoms with E-state index in [9.17, 15) is 0 Å². The van der Waals surface area contributed by atoms with Gasteiger partial charge in [-0.25, -0.2) is 9.97 Å². The van der Waals surface area contributed by atoms with Crippen LogP contribution < -0.4 is 0 Å². The Bertz CT molecular complexity index is 353. The van der Waals surface area contributed by atoms with Crippen molar-refractivity contribution in [2.75, 3.05) is 0 Å². The van der Waals surface area contributed by atoms with Crippen molar-refractivity contribution in [3.05, 3.63) is 30.8 Å². The van der Waals surface area contributed by atoms with Gasteiger partial charge in [-0.3, -0.25) is 0 Å². The molecule has 1 N–H and O–H groups in total. The van der Waals surface area contributed by atoms with E-state index >= 15 is 0 Å². The molecule has 0 spiro atoms. The lowest BCUT2D eigenvalue weighted by atomic mass is 10.4. The van der Waals surface area contributed by atoms with Crippen molar-refractivity contribution in [3.63, 3.8) is 0 Å². The van der Waals surface area contributed by atoms with Gasteiger partial charge >= 0.3 is 0 Å². The molecule has 0 aliphatic heterocycles. The van der Waals surface area contributed by atoms with Crippen LogP contribution >= 0.6 is 0 Å². The molecule has 0 aliphatic rings. The van der Waals surface area contributed by atoms with Gasteiger partial charge in [-0.15, -0.1) is 0 Å². The zero-order chi connectivity index (χ0) is 8.39. The van der Waals surface area contributed by atoms with Crippen LogP contribution in [-0.2, 0) is 0 Å². The van der Waals surface area contributed by atoms with Crippen LogP contribution in [0.2, 0.25) is 0 Å². The highest BCUT2D eigenvalue weighted by Crippen LogP contribution is 2.15. The van der Waals surface area contributed by atoms with Gasteiger partial charge in [0.25, 0.3) is 0 Å². The summed E-state index contributed by atoms with van der Waals surface area (Å²) in [6, 6.07) is 3.51. The van der Waals surface area contributed by atoms with Crippen molar-refractivity contribution >= 4 is 0 Å². The maximum absolute atomic E-state index is 8.90. The van der Waals surface area contributed by atoms with E-state index in [1.54, 1.807) is 18.4 Å². The molecular weight excluding hydrogens is 156 g/mol. The van der Waals surface area contributed by atoms with Gasteiger partial charge in [-0.1, -0.05) is 0 Å². The zero-order valence-electron chi connectivity index (χ0n) is 6.14. The molecule has 0 amide bonds. The van der Waals surface area contributed by atoms with Gasteiger partial charge in [0.15, 0.2) is 17.3 Å². The molecule has 4 nitrogen and oxygen atoms in total. The number of nitrogens with zero attached hydrogens (tertiary/aromatic N) is 2. The molecule has 2 heterocycles. The lowest BCUT2D eigenvalue weighted by molar-refractivity contribution is 0.469. The summed E-state index contributed by atoms with van der Waals surface area (Å²) in [5.41, 5.74) is 0. The molecule has 0 saturated heterocycles. The van der Waals surface area contributed by atoms with E-state index in [4.69, 9.17) is 9.52 Å². The van der Waals surface area contributed by atoms with E-state index in [2.05, 4.69) is 9.97 Å². The molecule has 2 aromatic rings. The maximum atomic E-state index is 8.90. The summed E-state index contributed by atoms with van der Waals surface area (Å²) in [7, 11) is 0. The summed E-state index contributed by atoms with van der Waals surface area (Å²) in [4.78, 5) is 7.73. The first-order chi connectivity index (χ1) is 5.86. The SMILES string of the molecule is Oc1cnc(-c2ccco2)nc1. The Morgan fingerprint density at radius 3 is 2.58 bits per heavy atom. The molecule has 0 aliphatic carbocycles. The van der Waals surface area contributed by atoms with E-state index < -0.39 is 0 Å². The Balaban J connectivity index is 2.43. The molecule has 60 valence electrons. The van der Waals surface area contributed by atoms with Crippen LogP contribution in [0.5, 0.6) is 5.75 Å². The van der Waals surface area contributed by atoms with Crippen molar-refractivity contribution in [3.8, 4) is 17.3 Å². The Hall–Kier alpha value is -1.84. The number of hydrogen-bond acceptors (Lipinski definition) is 4. The summed E-state index contributed by atoms with van der Waals surface area (Å²) in [5, 5.41) is 8.90. The van der Waals surface area contributed by atoms with Gasteiger partial charge in [0.2, 0.25) is 0 Å². The molecule has 0 fully saturated rings. The van der Waals surface area contributed by atoms with Gasteiger partial charge in [-0.2, -0.15) is 0 Å². The molecule has 0 atom stereocenters. The van der Waals surface area contributed by atoms with E-state index in [0.717, 1.165) is 0 Å². The van der Waals surface area contributed by atoms with Crippen molar-refractivity contribution < 1.29 is 9.52 Å². The second-order valence-electron chi connectivity index (χ2n) is 2.24. The van der Waals surface area contributed by atoms with Gasteiger partial charge in [-0.05, 0) is 12.1 Å². The van der Waals surface area contributed by atoms with Crippen molar-refractivity contribution in [1.82, 2.24) is 9.97 Å². The smallest absolute Gasteiger partial charge is 0.195 e. The summed E-state index contributed by atoms with van der Waals surface area (Å²) < 4.78 is 5.05. The van der Waals surface area contributed by atoms with Crippen molar-refractivity contribution in [2.24, 2.45) is 0 Å². The predicted octanol–water partition coefficient (Wildman–Crippen LogP) is 1.44. The van der Waals surface area contributed by atoms with E-state index in [1.165, 1.54) is 12.4 Å². The number of aromatic nitrogens is 2. The molecule has 2 rings (SSSR count). The number of furan rings is 1. The molecule has 0 unspecified atom stereocenters. The fourth-order valence-electron chi connectivity index (χ4n) is 0.854. The summed E-state index contributed by atoms with van der Waals surface area (Å²) in [5.74, 6) is 1.11. The highest BCUT2D eigenvalue weighted by molar-refractivity contribution is 5.45. The first kappa shape index (κ1) is 6.84. The molecule has 4 heteroatoms. The first-order valence-corrected chi connectivity index (χ1v) is 3.41. The normalized spacial score (nSPS) is 10.0. The maximum Gasteiger partial charge on any atom is 0.195 e. The van der Waals surface area contributed by atoms with Gasteiger partial charge < -0.3 is 9.52 Å². The molecule has 0 aromatic carbocycles. The third-order valence-corrected chi connectivity index (χ3v) is 1.38. The van der Waals surface area contributed by atoms with Crippen LogP contribution in [0.15, 0.2) is 35.2 Å². The average molecular weight is 162 g/mol. The molecule has 0 saturated carbocycles. The van der Waals surface area contributed by atoms with Crippen LogP contribution in [0.25, 0.3) is 11.6 Å². The standard InChI is InChI=1S/C8H6N2O2/c11-6-4-9-8(10-5-6)7-2-1-3-12-7/h1-5,11H. The van der Waals surface area contributed by atoms with Crippen molar-refractivity contribution in [1.29, 1.82) is 0 Å². The number of hydrogen-bond donors (Lipinski definition) is 1. The molecule has 2 aromatic heterocycles. The minimum absolute atomic E-state index is 0.0466. The Kier molecular flexibility index (Phi) is 1.51. The van der Waals surface area contributed by atoms with Crippen LogP contribution in [0, 0.1) is 0 Å². The Labute approximate surface area is 68.5 Å². The fraction of sp³-hybridized carbons (Fsp3) is 0. The van der Waals surface area contributed by atoms with E-state index in [0.29, 0.717) is 11.6 Å².